The Morgan fingerprint density at radius 2 is 2.20 bits per heavy atom. The molecule has 6 nitrogen and oxygen atoms in total. The number of hydrogen-bond donors (Lipinski definition) is 1. The Hall–Kier alpha value is -1.59. The fraction of sp³-hybridized carbons (Fsp3) is 0.786. The monoisotopic (exact) mass is 277 g/mol. The van der Waals surface area contributed by atoms with Gasteiger partial charge >= 0.3 is 6.03 Å². The molecule has 2 atom stereocenters. The molecule has 1 N–H and O–H groups in total. The van der Waals surface area contributed by atoms with Crippen molar-refractivity contribution < 1.29 is 4.79 Å². The van der Waals surface area contributed by atoms with Crippen LogP contribution in [0.4, 0.5) is 4.79 Å². The van der Waals surface area contributed by atoms with Gasteiger partial charge in [0.05, 0.1) is 6.04 Å². The van der Waals surface area contributed by atoms with E-state index in [1.165, 1.54) is 19.3 Å². The van der Waals surface area contributed by atoms with Crippen LogP contribution in [-0.4, -0.2) is 38.3 Å². The average molecular weight is 277 g/mol. The summed E-state index contributed by atoms with van der Waals surface area (Å²) in [7, 11) is 1.89. The molecule has 0 unspecified atom stereocenters. The minimum absolute atomic E-state index is 0.0508. The number of carbonyl (C=O) groups excluding carboxylic acids is 1. The van der Waals surface area contributed by atoms with Crippen molar-refractivity contribution in [2.24, 2.45) is 13.0 Å². The second kappa shape index (κ2) is 5.42. The van der Waals surface area contributed by atoms with Gasteiger partial charge in [-0.15, -0.1) is 10.2 Å². The fourth-order valence-electron chi connectivity index (χ4n) is 3.38. The molecule has 1 aliphatic heterocycles. The van der Waals surface area contributed by atoms with Crippen molar-refractivity contribution in [3.63, 3.8) is 0 Å². The van der Waals surface area contributed by atoms with Gasteiger partial charge in [-0.1, -0.05) is 6.42 Å². The Morgan fingerprint density at radius 1 is 1.40 bits per heavy atom. The zero-order valence-corrected chi connectivity index (χ0v) is 12.2. The van der Waals surface area contributed by atoms with Crippen LogP contribution >= 0.6 is 0 Å². The molecule has 3 rings (SSSR count). The zero-order chi connectivity index (χ0) is 14.1. The highest BCUT2D eigenvalue weighted by atomic mass is 16.2. The summed E-state index contributed by atoms with van der Waals surface area (Å²) >= 11 is 0. The van der Waals surface area contributed by atoms with Crippen LogP contribution in [0.25, 0.3) is 0 Å². The summed E-state index contributed by atoms with van der Waals surface area (Å²) in [6, 6.07) is 0.392. The molecule has 1 aromatic heterocycles. The number of urea groups is 1. The van der Waals surface area contributed by atoms with Gasteiger partial charge in [0, 0.05) is 19.6 Å². The number of likely N-dealkylation sites (tertiary alicyclic amines) is 1. The van der Waals surface area contributed by atoms with Crippen molar-refractivity contribution in [1.82, 2.24) is 25.0 Å². The van der Waals surface area contributed by atoms with E-state index in [1.807, 2.05) is 23.4 Å². The van der Waals surface area contributed by atoms with Crippen molar-refractivity contribution in [2.45, 2.75) is 51.1 Å². The van der Waals surface area contributed by atoms with E-state index in [4.69, 9.17) is 0 Å². The SMILES string of the molecule is C[C@@H](NC(=O)N1CCC[C@H]1C1CCC1)c1nncn1C. The molecule has 6 heteroatoms. The summed E-state index contributed by atoms with van der Waals surface area (Å²) in [6.45, 7) is 2.84. The first-order chi connectivity index (χ1) is 9.66. The predicted octanol–water partition coefficient (Wildman–Crippen LogP) is 1.85. The summed E-state index contributed by atoms with van der Waals surface area (Å²) in [4.78, 5) is 14.5. The third-order valence-electron chi connectivity index (χ3n) is 4.73. The first-order valence-corrected chi connectivity index (χ1v) is 7.58. The molecule has 110 valence electrons. The highest BCUT2D eigenvalue weighted by Gasteiger charge is 2.37. The second-order valence-corrected chi connectivity index (χ2v) is 6.07. The van der Waals surface area contributed by atoms with Crippen molar-refractivity contribution >= 4 is 6.03 Å². The molecule has 2 amide bonds. The number of nitrogens with one attached hydrogen (secondary N) is 1. The molecule has 2 heterocycles. The van der Waals surface area contributed by atoms with Crippen LogP contribution in [0.2, 0.25) is 0 Å². The van der Waals surface area contributed by atoms with Gasteiger partial charge in [0.25, 0.3) is 0 Å². The lowest BCUT2D eigenvalue weighted by atomic mass is 9.79. The Morgan fingerprint density at radius 3 is 2.80 bits per heavy atom. The van der Waals surface area contributed by atoms with Crippen LogP contribution in [-0.2, 0) is 7.05 Å². The molecule has 2 aliphatic rings. The Labute approximate surface area is 119 Å². The summed E-state index contributed by atoms with van der Waals surface area (Å²) in [5, 5.41) is 11.0. The van der Waals surface area contributed by atoms with E-state index >= 15 is 0 Å². The number of aryl methyl sites for hydroxylation is 1. The lowest BCUT2D eigenvalue weighted by Crippen LogP contribution is -2.47. The molecule has 1 saturated carbocycles. The number of amides is 2. The van der Waals surface area contributed by atoms with Crippen molar-refractivity contribution in [3.05, 3.63) is 12.2 Å². The zero-order valence-electron chi connectivity index (χ0n) is 12.2. The lowest BCUT2D eigenvalue weighted by molar-refractivity contribution is 0.137. The number of aromatic nitrogens is 3. The van der Waals surface area contributed by atoms with Crippen molar-refractivity contribution in [1.29, 1.82) is 0 Å². The summed E-state index contributed by atoms with van der Waals surface area (Å²) in [5.41, 5.74) is 0. The van der Waals surface area contributed by atoms with Gasteiger partial charge in [-0.05, 0) is 38.5 Å². The van der Waals surface area contributed by atoms with Gasteiger partial charge in [0.15, 0.2) is 5.82 Å². The molecule has 0 bridgehead atoms. The smallest absolute Gasteiger partial charge is 0.318 e. The maximum atomic E-state index is 12.5. The van der Waals surface area contributed by atoms with E-state index in [1.54, 1.807) is 6.33 Å². The predicted molar refractivity (Wildman–Crippen MR) is 75.0 cm³/mol. The summed E-state index contributed by atoms with van der Waals surface area (Å²) in [6.07, 6.45) is 7.85. The lowest BCUT2D eigenvalue weighted by Gasteiger charge is -2.37. The van der Waals surface area contributed by atoms with Crippen LogP contribution in [0.15, 0.2) is 6.33 Å². The molecule has 1 aliphatic carbocycles. The quantitative estimate of drug-likeness (QED) is 0.917. The van der Waals surface area contributed by atoms with Gasteiger partial charge in [-0.2, -0.15) is 0 Å². The van der Waals surface area contributed by atoms with Gasteiger partial charge in [-0.3, -0.25) is 0 Å². The van der Waals surface area contributed by atoms with Crippen LogP contribution < -0.4 is 5.32 Å². The summed E-state index contributed by atoms with van der Waals surface area (Å²) in [5.74, 6) is 1.52. The van der Waals surface area contributed by atoms with E-state index in [0.29, 0.717) is 6.04 Å². The maximum Gasteiger partial charge on any atom is 0.318 e. The maximum absolute atomic E-state index is 12.5. The second-order valence-electron chi connectivity index (χ2n) is 6.07. The summed E-state index contributed by atoms with van der Waals surface area (Å²) < 4.78 is 1.85. The molecule has 2 fully saturated rings. The molecule has 0 aromatic carbocycles. The minimum Gasteiger partial charge on any atom is -0.328 e. The van der Waals surface area contributed by atoms with Crippen molar-refractivity contribution in [2.75, 3.05) is 6.54 Å². The molecule has 20 heavy (non-hydrogen) atoms. The normalized spacial score (nSPS) is 24.5. The molecular weight excluding hydrogens is 254 g/mol. The van der Waals surface area contributed by atoms with Crippen LogP contribution in [0, 0.1) is 5.92 Å². The van der Waals surface area contributed by atoms with Gasteiger partial charge in [0.1, 0.15) is 6.33 Å². The number of carbonyl (C=O) groups is 1. The van der Waals surface area contributed by atoms with E-state index in [-0.39, 0.29) is 12.1 Å². The van der Waals surface area contributed by atoms with Gasteiger partial charge < -0.3 is 14.8 Å². The molecule has 1 aromatic rings. The Kier molecular flexibility index (Phi) is 3.63. The minimum atomic E-state index is -0.113. The average Bonchev–Trinajstić information content (AvgIpc) is 2.95. The van der Waals surface area contributed by atoms with E-state index in [2.05, 4.69) is 15.5 Å². The molecule has 0 spiro atoms. The topological polar surface area (TPSA) is 63.1 Å². The Balaban J connectivity index is 1.62. The van der Waals surface area contributed by atoms with E-state index in [0.717, 1.165) is 31.1 Å². The van der Waals surface area contributed by atoms with Gasteiger partial charge in [-0.25, -0.2) is 4.79 Å². The molecule has 0 radical (unpaired) electrons. The molecular formula is C14H23N5O. The Bertz CT molecular complexity index is 482. The number of nitrogens with zero attached hydrogens (tertiary/aromatic N) is 4. The largest absolute Gasteiger partial charge is 0.328 e. The van der Waals surface area contributed by atoms with E-state index in [9.17, 15) is 4.79 Å². The third kappa shape index (κ3) is 2.39. The fourth-order valence-corrected chi connectivity index (χ4v) is 3.38. The van der Waals surface area contributed by atoms with Crippen LogP contribution in [0.5, 0.6) is 0 Å². The van der Waals surface area contributed by atoms with Crippen molar-refractivity contribution in [3.8, 4) is 0 Å². The standard InChI is InChI=1S/C14H23N5O/c1-10(13-17-15-9-18(13)2)16-14(20)19-8-4-7-12(19)11-5-3-6-11/h9-12H,3-8H2,1-2H3,(H,16,20)/t10-,12+/m1/s1. The van der Waals surface area contributed by atoms with Gasteiger partial charge in [0.2, 0.25) is 0 Å². The number of hydrogen-bond acceptors (Lipinski definition) is 3. The first kappa shape index (κ1) is 13.4. The van der Waals surface area contributed by atoms with E-state index < -0.39 is 0 Å². The van der Waals surface area contributed by atoms with Crippen LogP contribution in [0.3, 0.4) is 0 Å². The molecule has 1 saturated heterocycles. The highest BCUT2D eigenvalue weighted by Crippen LogP contribution is 2.37. The number of rotatable bonds is 3. The third-order valence-corrected chi connectivity index (χ3v) is 4.73. The first-order valence-electron chi connectivity index (χ1n) is 7.58. The van der Waals surface area contributed by atoms with Crippen LogP contribution in [0.1, 0.15) is 50.9 Å². The highest BCUT2D eigenvalue weighted by molar-refractivity contribution is 5.75.